The highest BCUT2D eigenvalue weighted by molar-refractivity contribution is 7.80. The summed E-state index contributed by atoms with van der Waals surface area (Å²) in [4.78, 5) is 28.2. The number of nitrogens with zero attached hydrogens (tertiary/aromatic N) is 3. The molecule has 0 saturated carbocycles. The Kier molecular flexibility index (Phi) is 7.36. The van der Waals surface area contributed by atoms with E-state index in [1.54, 1.807) is 6.07 Å². The minimum atomic E-state index is -0.509. The van der Waals surface area contributed by atoms with E-state index < -0.39 is 10.8 Å². The number of piperidine rings is 1. The molecule has 0 radical (unpaired) electrons. The standard InChI is InChI=1S/C23H27N5O4S/c29-22(18-16-17(28(30)31)8-9-20(18)27-12-14-32-15-13-27)25-23(33)24-19-6-2-3-7-21(19)26-10-4-1-5-11-26/h2-3,6-9,16H,1,4-5,10-15H2,(H2,24,25,29,33). The van der Waals surface area contributed by atoms with Gasteiger partial charge in [0.1, 0.15) is 0 Å². The van der Waals surface area contributed by atoms with Gasteiger partial charge in [-0.15, -0.1) is 0 Å². The molecular formula is C23H27N5O4S. The largest absolute Gasteiger partial charge is 0.378 e. The number of anilines is 3. The van der Waals surface area contributed by atoms with Crippen LogP contribution in [0.2, 0.25) is 0 Å². The molecule has 0 bridgehead atoms. The van der Waals surface area contributed by atoms with Crippen molar-refractivity contribution in [3.8, 4) is 0 Å². The number of thiocarbonyl (C=S) groups is 1. The molecule has 0 spiro atoms. The number of hydrogen-bond acceptors (Lipinski definition) is 7. The zero-order chi connectivity index (χ0) is 23.2. The van der Waals surface area contributed by atoms with Crippen LogP contribution in [0.5, 0.6) is 0 Å². The van der Waals surface area contributed by atoms with Crippen LogP contribution in [-0.4, -0.2) is 55.3 Å². The first-order valence-electron chi connectivity index (χ1n) is 11.1. The second kappa shape index (κ2) is 10.6. The van der Waals surface area contributed by atoms with E-state index >= 15 is 0 Å². The lowest BCUT2D eigenvalue weighted by Gasteiger charge is -2.31. The predicted octanol–water partition coefficient (Wildman–Crippen LogP) is 3.55. The van der Waals surface area contributed by atoms with Crippen LogP contribution in [0, 0.1) is 10.1 Å². The minimum Gasteiger partial charge on any atom is -0.378 e. The molecule has 0 unspecified atom stereocenters. The molecule has 2 saturated heterocycles. The first-order valence-corrected chi connectivity index (χ1v) is 11.5. The molecule has 2 heterocycles. The SMILES string of the molecule is O=C(NC(=S)Nc1ccccc1N1CCCCC1)c1cc([N+](=O)[O-])ccc1N1CCOCC1. The van der Waals surface area contributed by atoms with Crippen molar-refractivity contribution < 1.29 is 14.5 Å². The molecule has 0 aliphatic carbocycles. The van der Waals surface area contributed by atoms with Gasteiger partial charge in [0.05, 0.1) is 40.8 Å². The van der Waals surface area contributed by atoms with E-state index in [1.807, 2.05) is 29.2 Å². The Bertz CT molecular complexity index is 1040. The lowest BCUT2D eigenvalue weighted by atomic mass is 10.1. The Labute approximate surface area is 197 Å². The highest BCUT2D eigenvalue weighted by Gasteiger charge is 2.23. The Morgan fingerprint density at radius 1 is 0.970 bits per heavy atom. The number of morpholine rings is 1. The summed E-state index contributed by atoms with van der Waals surface area (Å²) in [6.07, 6.45) is 3.52. The number of nitrogens with one attached hydrogen (secondary N) is 2. The highest BCUT2D eigenvalue weighted by Crippen LogP contribution is 2.29. The van der Waals surface area contributed by atoms with E-state index in [2.05, 4.69) is 15.5 Å². The van der Waals surface area contributed by atoms with Gasteiger partial charge < -0.3 is 19.9 Å². The molecule has 1 amide bonds. The van der Waals surface area contributed by atoms with Gasteiger partial charge in [-0.1, -0.05) is 12.1 Å². The molecule has 9 nitrogen and oxygen atoms in total. The zero-order valence-corrected chi connectivity index (χ0v) is 19.1. The van der Waals surface area contributed by atoms with Crippen LogP contribution in [0.3, 0.4) is 0 Å². The van der Waals surface area contributed by atoms with E-state index in [1.165, 1.54) is 18.6 Å². The van der Waals surface area contributed by atoms with Gasteiger partial charge in [0.15, 0.2) is 5.11 Å². The maximum Gasteiger partial charge on any atom is 0.270 e. The van der Waals surface area contributed by atoms with Crippen molar-refractivity contribution in [2.75, 3.05) is 54.5 Å². The monoisotopic (exact) mass is 469 g/mol. The van der Waals surface area contributed by atoms with Crippen molar-refractivity contribution in [2.45, 2.75) is 19.3 Å². The molecule has 2 fully saturated rings. The number of hydrogen-bond donors (Lipinski definition) is 2. The molecule has 2 aliphatic rings. The van der Waals surface area contributed by atoms with Crippen molar-refractivity contribution in [1.82, 2.24) is 5.32 Å². The lowest BCUT2D eigenvalue weighted by Crippen LogP contribution is -2.39. The number of ether oxygens (including phenoxy) is 1. The molecule has 2 aromatic carbocycles. The number of nitro groups is 1. The summed E-state index contributed by atoms with van der Waals surface area (Å²) in [5.74, 6) is -0.492. The summed E-state index contributed by atoms with van der Waals surface area (Å²) in [5, 5.41) is 17.3. The molecule has 0 aromatic heterocycles. The van der Waals surface area contributed by atoms with Gasteiger partial charge >= 0.3 is 0 Å². The fourth-order valence-corrected chi connectivity index (χ4v) is 4.42. The second-order valence-corrected chi connectivity index (χ2v) is 8.44. The van der Waals surface area contributed by atoms with Gasteiger partial charge in [-0.05, 0) is 49.7 Å². The maximum absolute atomic E-state index is 13.1. The highest BCUT2D eigenvalue weighted by atomic mass is 32.1. The molecule has 10 heteroatoms. The molecular weight excluding hydrogens is 442 g/mol. The normalized spacial score (nSPS) is 16.2. The minimum absolute atomic E-state index is 0.142. The van der Waals surface area contributed by atoms with E-state index in [0.29, 0.717) is 32.0 Å². The molecule has 4 rings (SSSR count). The van der Waals surface area contributed by atoms with Gasteiger partial charge in [-0.3, -0.25) is 20.2 Å². The van der Waals surface area contributed by atoms with E-state index in [0.717, 1.165) is 37.3 Å². The van der Waals surface area contributed by atoms with Crippen molar-refractivity contribution >= 4 is 46.0 Å². The van der Waals surface area contributed by atoms with Gasteiger partial charge in [-0.2, -0.15) is 0 Å². The summed E-state index contributed by atoms with van der Waals surface area (Å²) in [7, 11) is 0. The van der Waals surface area contributed by atoms with Crippen molar-refractivity contribution in [1.29, 1.82) is 0 Å². The number of rotatable bonds is 5. The van der Waals surface area contributed by atoms with Crippen LogP contribution in [-0.2, 0) is 4.74 Å². The zero-order valence-electron chi connectivity index (χ0n) is 18.3. The number of carbonyl (C=O) groups excluding carboxylic acids is 1. The van der Waals surface area contributed by atoms with Gasteiger partial charge in [0, 0.05) is 38.3 Å². The Morgan fingerprint density at radius 2 is 1.67 bits per heavy atom. The topological polar surface area (TPSA) is 100.0 Å². The summed E-state index contributed by atoms with van der Waals surface area (Å²) in [6, 6.07) is 12.2. The number of carbonyl (C=O) groups is 1. The molecule has 174 valence electrons. The Balaban J connectivity index is 1.52. The molecule has 2 N–H and O–H groups in total. The van der Waals surface area contributed by atoms with Crippen LogP contribution in [0.15, 0.2) is 42.5 Å². The average molecular weight is 470 g/mol. The number of amides is 1. The van der Waals surface area contributed by atoms with E-state index in [4.69, 9.17) is 17.0 Å². The number of benzene rings is 2. The number of nitro benzene ring substituents is 1. The Hall–Kier alpha value is -3.24. The third kappa shape index (κ3) is 5.58. The summed E-state index contributed by atoms with van der Waals surface area (Å²) >= 11 is 5.43. The van der Waals surface area contributed by atoms with E-state index in [9.17, 15) is 14.9 Å². The van der Waals surface area contributed by atoms with Crippen LogP contribution in [0.1, 0.15) is 29.6 Å². The first kappa shape index (κ1) is 22.9. The summed E-state index contributed by atoms with van der Waals surface area (Å²) in [6.45, 7) is 4.23. The van der Waals surface area contributed by atoms with Gasteiger partial charge in [0.2, 0.25) is 0 Å². The lowest BCUT2D eigenvalue weighted by molar-refractivity contribution is -0.384. The smallest absolute Gasteiger partial charge is 0.270 e. The molecule has 2 aliphatic heterocycles. The van der Waals surface area contributed by atoms with E-state index in [-0.39, 0.29) is 16.4 Å². The van der Waals surface area contributed by atoms with Crippen LogP contribution in [0.4, 0.5) is 22.7 Å². The van der Waals surface area contributed by atoms with Gasteiger partial charge in [0.25, 0.3) is 11.6 Å². The first-order chi connectivity index (χ1) is 16.0. The average Bonchev–Trinajstić information content (AvgIpc) is 2.85. The van der Waals surface area contributed by atoms with Crippen LogP contribution in [0.25, 0.3) is 0 Å². The predicted molar refractivity (Wildman–Crippen MR) is 132 cm³/mol. The van der Waals surface area contributed by atoms with Crippen molar-refractivity contribution in [3.05, 3.63) is 58.1 Å². The summed E-state index contributed by atoms with van der Waals surface area (Å²) < 4.78 is 5.39. The fourth-order valence-electron chi connectivity index (χ4n) is 4.21. The van der Waals surface area contributed by atoms with Crippen molar-refractivity contribution in [3.63, 3.8) is 0 Å². The molecule has 33 heavy (non-hydrogen) atoms. The Morgan fingerprint density at radius 3 is 2.39 bits per heavy atom. The van der Waals surface area contributed by atoms with Crippen molar-refractivity contribution in [2.24, 2.45) is 0 Å². The number of non-ortho nitro benzene ring substituents is 1. The molecule has 0 atom stereocenters. The molecule has 2 aromatic rings. The van der Waals surface area contributed by atoms with Crippen LogP contribution >= 0.6 is 12.2 Å². The third-order valence-electron chi connectivity index (χ3n) is 5.86. The quantitative estimate of drug-likeness (QED) is 0.390. The van der Waals surface area contributed by atoms with Crippen LogP contribution < -0.4 is 20.4 Å². The maximum atomic E-state index is 13.1. The number of para-hydroxylation sites is 2. The van der Waals surface area contributed by atoms with Gasteiger partial charge in [-0.25, -0.2) is 0 Å². The third-order valence-corrected chi connectivity index (χ3v) is 6.07. The second-order valence-electron chi connectivity index (χ2n) is 8.03. The fraction of sp³-hybridized carbons (Fsp3) is 0.391. The summed E-state index contributed by atoms with van der Waals surface area (Å²) in [5.41, 5.74) is 2.54.